The Hall–Kier alpha value is -0.960. The molecule has 0 aliphatic heterocycles. The molecule has 0 bridgehead atoms. The minimum atomic E-state index is -2.51. The predicted molar refractivity (Wildman–Crippen MR) is 69.9 cm³/mol. The summed E-state index contributed by atoms with van der Waals surface area (Å²) in [6, 6.07) is 7.33. The number of rotatable bonds is 5. The molecule has 0 spiro atoms. The largest absolute Gasteiger partial charge is 0.385 e. The van der Waals surface area contributed by atoms with Crippen LogP contribution in [0.3, 0.4) is 0 Å². The van der Waals surface area contributed by atoms with Crippen molar-refractivity contribution in [3.8, 4) is 0 Å². The summed E-state index contributed by atoms with van der Waals surface area (Å²) in [6.07, 6.45) is -3.03. The van der Waals surface area contributed by atoms with Gasteiger partial charge in [-0.3, -0.25) is 0 Å². The molecule has 0 heterocycles. The van der Waals surface area contributed by atoms with Crippen molar-refractivity contribution in [2.75, 3.05) is 0 Å². The van der Waals surface area contributed by atoms with Crippen molar-refractivity contribution < 1.29 is 13.9 Å². The van der Waals surface area contributed by atoms with Crippen LogP contribution in [0.25, 0.3) is 0 Å². The van der Waals surface area contributed by atoms with Gasteiger partial charge in [0.2, 0.25) is 6.43 Å². The Morgan fingerprint density at radius 3 is 1.89 bits per heavy atom. The molecule has 1 N–H and O–H groups in total. The van der Waals surface area contributed by atoms with E-state index in [-0.39, 0.29) is 5.92 Å². The summed E-state index contributed by atoms with van der Waals surface area (Å²) in [5.74, 6) is 0.137. The summed E-state index contributed by atoms with van der Waals surface area (Å²) < 4.78 is 25.2. The summed E-state index contributed by atoms with van der Waals surface area (Å²) in [6.45, 7) is 7.67. The van der Waals surface area contributed by atoms with E-state index in [9.17, 15) is 13.9 Å². The van der Waals surface area contributed by atoms with Gasteiger partial charge in [-0.1, -0.05) is 52.0 Å². The van der Waals surface area contributed by atoms with Crippen LogP contribution in [0.2, 0.25) is 0 Å². The molecule has 1 atom stereocenters. The molecule has 0 aliphatic rings. The first-order valence-electron chi connectivity index (χ1n) is 6.38. The Balaban J connectivity index is 3.06. The lowest BCUT2D eigenvalue weighted by Gasteiger charge is -2.32. The van der Waals surface area contributed by atoms with Crippen LogP contribution >= 0.6 is 0 Å². The first kappa shape index (κ1) is 15.1. The van der Waals surface area contributed by atoms with E-state index < -0.39 is 18.4 Å². The topological polar surface area (TPSA) is 20.2 Å². The number of benzene rings is 1. The molecule has 0 fully saturated rings. The van der Waals surface area contributed by atoms with Crippen LogP contribution in [0, 0.1) is 5.92 Å². The van der Waals surface area contributed by atoms with Gasteiger partial charge >= 0.3 is 0 Å². The Kier molecular flexibility index (Phi) is 4.85. The van der Waals surface area contributed by atoms with Crippen molar-refractivity contribution in [3.05, 3.63) is 35.4 Å². The zero-order valence-corrected chi connectivity index (χ0v) is 11.5. The molecule has 1 nitrogen and oxygen atoms in total. The molecule has 1 aromatic rings. The van der Waals surface area contributed by atoms with Gasteiger partial charge in [-0.15, -0.1) is 0 Å². The highest BCUT2D eigenvalue weighted by atomic mass is 19.3. The van der Waals surface area contributed by atoms with Crippen LogP contribution in [0.15, 0.2) is 24.3 Å². The molecule has 1 rings (SSSR count). The monoisotopic (exact) mass is 256 g/mol. The van der Waals surface area contributed by atoms with Crippen LogP contribution in [-0.4, -0.2) is 11.5 Å². The van der Waals surface area contributed by atoms with Crippen molar-refractivity contribution in [2.24, 2.45) is 5.92 Å². The van der Waals surface area contributed by atoms with E-state index in [4.69, 9.17) is 0 Å². The van der Waals surface area contributed by atoms with Gasteiger partial charge in [-0.05, 0) is 23.0 Å². The van der Waals surface area contributed by atoms with E-state index in [1.54, 1.807) is 26.0 Å². The third kappa shape index (κ3) is 3.29. The lowest BCUT2D eigenvalue weighted by Crippen LogP contribution is -2.34. The van der Waals surface area contributed by atoms with Crippen molar-refractivity contribution in [1.29, 1.82) is 0 Å². The first-order valence-corrected chi connectivity index (χ1v) is 6.38. The average Bonchev–Trinajstić information content (AvgIpc) is 2.27. The van der Waals surface area contributed by atoms with Crippen molar-refractivity contribution >= 4 is 0 Å². The third-order valence-corrected chi connectivity index (χ3v) is 3.50. The van der Waals surface area contributed by atoms with Gasteiger partial charge in [0.1, 0.15) is 0 Å². The fraction of sp³-hybridized carbons (Fsp3) is 0.600. The minimum Gasteiger partial charge on any atom is -0.385 e. The molecule has 0 radical (unpaired) electrons. The summed E-state index contributed by atoms with van der Waals surface area (Å²) in [5.41, 5.74) is 0.257. The standard InChI is InChI=1S/C15H22F2O/c1-10(2)12-5-7-13(8-6-12)15(18,11(3)4)9-14(16)17/h5-8,10-11,14,18H,9H2,1-4H3. The number of aliphatic hydroxyl groups is 1. The fourth-order valence-corrected chi connectivity index (χ4v) is 2.08. The second-order valence-corrected chi connectivity index (χ2v) is 5.45. The summed E-state index contributed by atoms with van der Waals surface area (Å²) >= 11 is 0. The summed E-state index contributed by atoms with van der Waals surface area (Å²) in [4.78, 5) is 0. The van der Waals surface area contributed by atoms with E-state index >= 15 is 0 Å². The number of hydrogen-bond acceptors (Lipinski definition) is 1. The minimum absolute atomic E-state index is 0.253. The predicted octanol–water partition coefficient (Wildman–Crippen LogP) is 4.31. The molecule has 1 aromatic carbocycles. The molecule has 3 heteroatoms. The summed E-state index contributed by atoms with van der Waals surface area (Å²) in [5, 5.41) is 10.5. The van der Waals surface area contributed by atoms with Gasteiger partial charge in [-0.2, -0.15) is 0 Å². The van der Waals surface area contributed by atoms with Gasteiger partial charge in [-0.25, -0.2) is 8.78 Å². The molecule has 0 aliphatic carbocycles. The van der Waals surface area contributed by atoms with Crippen LogP contribution < -0.4 is 0 Å². The van der Waals surface area contributed by atoms with Crippen molar-refractivity contribution in [1.82, 2.24) is 0 Å². The molecule has 1 unspecified atom stereocenters. The number of alkyl halides is 2. The maximum atomic E-state index is 12.6. The van der Waals surface area contributed by atoms with Crippen molar-refractivity contribution in [2.45, 2.75) is 52.1 Å². The third-order valence-electron chi connectivity index (χ3n) is 3.50. The molecule has 102 valence electrons. The number of hydrogen-bond donors (Lipinski definition) is 1. The van der Waals surface area contributed by atoms with E-state index in [2.05, 4.69) is 13.8 Å². The first-order chi connectivity index (χ1) is 8.27. The van der Waals surface area contributed by atoms with E-state index in [0.29, 0.717) is 11.5 Å². The van der Waals surface area contributed by atoms with Crippen LogP contribution in [0.5, 0.6) is 0 Å². The SMILES string of the molecule is CC(C)c1ccc(C(O)(CC(F)F)C(C)C)cc1. The second kappa shape index (κ2) is 5.79. The lowest BCUT2D eigenvalue weighted by atomic mass is 9.80. The Morgan fingerprint density at radius 2 is 1.56 bits per heavy atom. The zero-order chi connectivity index (χ0) is 13.9. The average molecular weight is 256 g/mol. The number of halogens is 2. The Morgan fingerprint density at radius 1 is 1.06 bits per heavy atom. The van der Waals surface area contributed by atoms with Gasteiger partial charge in [0.15, 0.2) is 0 Å². The van der Waals surface area contributed by atoms with E-state index in [1.165, 1.54) is 0 Å². The zero-order valence-electron chi connectivity index (χ0n) is 11.5. The highest BCUT2D eigenvalue weighted by Gasteiger charge is 2.36. The Bertz CT molecular complexity index is 371. The van der Waals surface area contributed by atoms with E-state index in [1.807, 2.05) is 12.1 Å². The molecule has 0 aromatic heterocycles. The van der Waals surface area contributed by atoms with Gasteiger partial charge in [0, 0.05) is 6.42 Å². The highest BCUT2D eigenvalue weighted by molar-refractivity contribution is 5.29. The van der Waals surface area contributed by atoms with Crippen LogP contribution in [0.1, 0.15) is 51.2 Å². The molecular formula is C15H22F2O. The normalized spacial score (nSPS) is 15.4. The van der Waals surface area contributed by atoms with Gasteiger partial charge in [0.25, 0.3) is 0 Å². The molecule has 18 heavy (non-hydrogen) atoms. The molecular weight excluding hydrogens is 234 g/mol. The molecule has 0 amide bonds. The fourth-order valence-electron chi connectivity index (χ4n) is 2.08. The quantitative estimate of drug-likeness (QED) is 0.832. The molecule has 0 saturated carbocycles. The lowest BCUT2D eigenvalue weighted by molar-refractivity contribution is -0.0606. The Labute approximate surface area is 108 Å². The maximum Gasteiger partial charge on any atom is 0.241 e. The summed E-state index contributed by atoms with van der Waals surface area (Å²) in [7, 11) is 0. The van der Waals surface area contributed by atoms with Gasteiger partial charge < -0.3 is 5.11 Å². The second-order valence-electron chi connectivity index (χ2n) is 5.45. The maximum absolute atomic E-state index is 12.6. The van der Waals surface area contributed by atoms with Crippen LogP contribution in [0.4, 0.5) is 8.78 Å². The van der Waals surface area contributed by atoms with Crippen molar-refractivity contribution in [3.63, 3.8) is 0 Å². The smallest absolute Gasteiger partial charge is 0.241 e. The highest BCUT2D eigenvalue weighted by Crippen LogP contribution is 2.35. The van der Waals surface area contributed by atoms with E-state index in [0.717, 1.165) is 5.56 Å². The van der Waals surface area contributed by atoms with Crippen LogP contribution in [-0.2, 0) is 5.60 Å². The van der Waals surface area contributed by atoms with Gasteiger partial charge in [0.05, 0.1) is 5.60 Å². The molecule has 0 saturated heterocycles.